The largest absolute Gasteiger partial charge is 0.481 e. The Labute approximate surface area is 154 Å². The molecule has 25 heavy (non-hydrogen) atoms. The molecular formula is C21H40O4. The molecule has 0 aliphatic heterocycles. The molecule has 0 aromatic carbocycles. The Morgan fingerprint density at radius 2 is 0.920 bits per heavy atom. The second-order valence-electron chi connectivity index (χ2n) is 7.42. The molecule has 0 bridgehead atoms. The number of aliphatic carboxylic acids is 2. The van der Waals surface area contributed by atoms with E-state index in [1.165, 1.54) is 38.5 Å². The van der Waals surface area contributed by atoms with Gasteiger partial charge >= 0.3 is 11.9 Å². The van der Waals surface area contributed by atoms with Gasteiger partial charge in [0.2, 0.25) is 0 Å². The highest BCUT2D eigenvalue weighted by atomic mass is 16.4. The number of carboxylic acids is 2. The Balaban J connectivity index is 4.13. The Bertz CT molecular complexity index is 309. The van der Waals surface area contributed by atoms with Gasteiger partial charge in [0, 0.05) is 0 Å². The van der Waals surface area contributed by atoms with Crippen molar-refractivity contribution in [1.82, 2.24) is 0 Å². The second kappa shape index (κ2) is 16.4. The first-order valence-corrected chi connectivity index (χ1v) is 10.5. The van der Waals surface area contributed by atoms with Crippen LogP contribution in [0.1, 0.15) is 110 Å². The molecule has 0 spiro atoms. The van der Waals surface area contributed by atoms with Gasteiger partial charge in [-0.2, -0.15) is 0 Å². The van der Waals surface area contributed by atoms with Gasteiger partial charge < -0.3 is 10.2 Å². The number of rotatable bonds is 18. The first-order chi connectivity index (χ1) is 12.0. The van der Waals surface area contributed by atoms with Crippen LogP contribution in [-0.2, 0) is 9.59 Å². The first-order valence-electron chi connectivity index (χ1n) is 10.5. The van der Waals surface area contributed by atoms with Gasteiger partial charge in [-0.25, -0.2) is 0 Å². The molecule has 0 aliphatic rings. The standard InChI is InChI=1S/C21H40O4/c1-3-5-7-9-11-13-15-18(20(22)23)17-19(21(24)25)16-14-12-10-8-6-4-2/h18-19H,3-17H2,1-2H3,(H,22,23)(H,24,25). The number of unbranched alkanes of at least 4 members (excludes halogenated alkanes) is 10. The minimum Gasteiger partial charge on any atom is -0.481 e. The van der Waals surface area contributed by atoms with Crippen LogP contribution in [0.5, 0.6) is 0 Å². The average molecular weight is 357 g/mol. The molecule has 2 N–H and O–H groups in total. The van der Waals surface area contributed by atoms with Crippen LogP contribution in [0.3, 0.4) is 0 Å². The maximum Gasteiger partial charge on any atom is 0.306 e. The van der Waals surface area contributed by atoms with E-state index < -0.39 is 23.8 Å². The topological polar surface area (TPSA) is 74.6 Å². The number of hydrogen-bond donors (Lipinski definition) is 2. The Hall–Kier alpha value is -1.06. The van der Waals surface area contributed by atoms with Gasteiger partial charge in [0.1, 0.15) is 0 Å². The lowest BCUT2D eigenvalue weighted by Crippen LogP contribution is -2.23. The Morgan fingerprint density at radius 3 is 1.24 bits per heavy atom. The van der Waals surface area contributed by atoms with Gasteiger partial charge in [-0.3, -0.25) is 9.59 Å². The van der Waals surface area contributed by atoms with Crippen molar-refractivity contribution in [1.29, 1.82) is 0 Å². The minimum atomic E-state index is -0.831. The molecule has 0 amide bonds. The third-order valence-corrected chi connectivity index (χ3v) is 5.08. The molecule has 2 unspecified atom stereocenters. The quantitative estimate of drug-likeness (QED) is 0.283. The van der Waals surface area contributed by atoms with E-state index in [0.717, 1.165) is 38.5 Å². The molecule has 0 aliphatic carbocycles. The highest BCUT2D eigenvalue weighted by Gasteiger charge is 2.26. The first kappa shape index (κ1) is 23.9. The Morgan fingerprint density at radius 1 is 0.600 bits per heavy atom. The molecule has 0 heterocycles. The van der Waals surface area contributed by atoms with Crippen molar-refractivity contribution in [3.05, 3.63) is 0 Å². The number of carboxylic acid groups (broad SMARTS) is 2. The maximum atomic E-state index is 11.5. The predicted molar refractivity (Wildman–Crippen MR) is 103 cm³/mol. The maximum absolute atomic E-state index is 11.5. The molecule has 148 valence electrons. The Kier molecular flexibility index (Phi) is 15.7. The van der Waals surface area contributed by atoms with E-state index in [1.807, 2.05) is 0 Å². The number of hydrogen-bond acceptors (Lipinski definition) is 2. The molecular weight excluding hydrogens is 316 g/mol. The van der Waals surface area contributed by atoms with Crippen LogP contribution in [0, 0.1) is 11.8 Å². The van der Waals surface area contributed by atoms with E-state index in [1.54, 1.807) is 0 Å². The van der Waals surface area contributed by atoms with E-state index in [0.29, 0.717) is 12.8 Å². The van der Waals surface area contributed by atoms with Crippen LogP contribution in [0.25, 0.3) is 0 Å². The lowest BCUT2D eigenvalue weighted by atomic mass is 9.87. The van der Waals surface area contributed by atoms with Gasteiger partial charge in [0.15, 0.2) is 0 Å². The summed E-state index contributed by atoms with van der Waals surface area (Å²) in [6, 6.07) is 0. The summed E-state index contributed by atoms with van der Waals surface area (Å²) in [6.45, 7) is 4.35. The van der Waals surface area contributed by atoms with Crippen LogP contribution >= 0.6 is 0 Å². The molecule has 0 radical (unpaired) electrons. The van der Waals surface area contributed by atoms with Gasteiger partial charge in [0.05, 0.1) is 11.8 Å². The summed E-state index contributed by atoms with van der Waals surface area (Å²) in [6.07, 6.45) is 15.0. The zero-order valence-corrected chi connectivity index (χ0v) is 16.5. The predicted octanol–water partition coefficient (Wildman–Crippen LogP) is 6.28. The van der Waals surface area contributed by atoms with E-state index >= 15 is 0 Å². The monoisotopic (exact) mass is 356 g/mol. The molecule has 4 heteroatoms. The molecule has 2 atom stereocenters. The van der Waals surface area contributed by atoms with Gasteiger partial charge in [-0.15, -0.1) is 0 Å². The molecule has 0 aromatic rings. The fourth-order valence-corrected chi connectivity index (χ4v) is 3.37. The highest BCUT2D eigenvalue weighted by molar-refractivity contribution is 5.73. The molecule has 0 saturated carbocycles. The fraction of sp³-hybridized carbons (Fsp3) is 0.905. The summed E-state index contributed by atoms with van der Waals surface area (Å²) >= 11 is 0. The SMILES string of the molecule is CCCCCCCCC(CC(CCCCCCCC)C(=O)O)C(=O)O. The third kappa shape index (κ3) is 13.9. The summed E-state index contributed by atoms with van der Waals surface area (Å²) in [4.78, 5) is 23.0. The highest BCUT2D eigenvalue weighted by Crippen LogP contribution is 2.24. The number of carbonyl (C=O) groups is 2. The molecule has 0 fully saturated rings. The van der Waals surface area contributed by atoms with Crippen LogP contribution in [-0.4, -0.2) is 22.2 Å². The average Bonchev–Trinajstić information content (AvgIpc) is 2.57. The van der Waals surface area contributed by atoms with Crippen molar-refractivity contribution < 1.29 is 19.8 Å². The van der Waals surface area contributed by atoms with Crippen molar-refractivity contribution in [3.63, 3.8) is 0 Å². The molecule has 0 aromatic heterocycles. The lowest BCUT2D eigenvalue weighted by molar-refractivity contribution is -0.146. The summed E-state index contributed by atoms with van der Waals surface area (Å²) in [5.74, 6) is -2.68. The van der Waals surface area contributed by atoms with Crippen molar-refractivity contribution in [2.75, 3.05) is 0 Å². The lowest BCUT2D eigenvalue weighted by Gasteiger charge is -2.18. The van der Waals surface area contributed by atoms with Gasteiger partial charge in [-0.05, 0) is 19.3 Å². The zero-order valence-electron chi connectivity index (χ0n) is 16.5. The minimum absolute atomic E-state index is 0.286. The molecule has 4 nitrogen and oxygen atoms in total. The van der Waals surface area contributed by atoms with Crippen LogP contribution in [0.15, 0.2) is 0 Å². The normalized spacial score (nSPS) is 13.5. The zero-order chi connectivity index (χ0) is 18.9. The smallest absolute Gasteiger partial charge is 0.306 e. The van der Waals surface area contributed by atoms with Crippen LogP contribution in [0.2, 0.25) is 0 Å². The van der Waals surface area contributed by atoms with Gasteiger partial charge in [0.25, 0.3) is 0 Å². The summed E-state index contributed by atoms with van der Waals surface area (Å²) in [5, 5.41) is 18.8. The van der Waals surface area contributed by atoms with E-state index in [2.05, 4.69) is 13.8 Å². The van der Waals surface area contributed by atoms with E-state index in [9.17, 15) is 19.8 Å². The van der Waals surface area contributed by atoms with Gasteiger partial charge in [-0.1, -0.05) is 90.9 Å². The summed E-state index contributed by atoms with van der Waals surface area (Å²) in [7, 11) is 0. The summed E-state index contributed by atoms with van der Waals surface area (Å²) in [5.41, 5.74) is 0. The van der Waals surface area contributed by atoms with Crippen LogP contribution < -0.4 is 0 Å². The van der Waals surface area contributed by atoms with Crippen molar-refractivity contribution in [2.24, 2.45) is 11.8 Å². The van der Waals surface area contributed by atoms with Crippen molar-refractivity contribution >= 4 is 11.9 Å². The van der Waals surface area contributed by atoms with E-state index in [4.69, 9.17) is 0 Å². The second-order valence-corrected chi connectivity index (χ2v) is 7.42. The van der Waals surface area contributed by atoms with Crippen molar-refractivity contribution in [2.45, 2.75) is 110 Å². The molecule has 0 saturated heterocycles. The van der Waals surface area contributed by atoms with Crippen molar-refractivity contribution in [3.8, 4) is 0 Å². The third-order valence-electron chi connectivity index (χ3n) is 5.08. The van der Waals surface area contributed by atoms with E-state index in [-0.39, 0.29) is 6.42 Å². The fourth-order valence-electron chi connectivity index (χ4n) is 3.37. The van der Waals surface area contributed by atoms with Crippen LogP contribution in [0.4, 0.5) is 0 Å². The molecule has 0 rings (SSSR count). The summed E-state index contributed by atoms with van der Waals surface area (Å²) < 4.78 is 0.